The molecule has 176 valence electrons. The highest BCUT2D eigenvalue weighted by Gasteiger charge is 2.10. The van der Waals surface area contributed by atoms with Crippen LogP contribution in [0.1, 0.15) is 110 Å². The summed E-state index contributed by atoms with van der Waals surface area (Å²) in [6, 6.07) is 0. The predicted molar refractivity (Wildman–Crippen MR) is 123 cm³/mol. The van der Waals surface area contributed by atoms with Gasteiger partial charge in [-0.05, 0) is 6.42 Å². The normalized spacial score (nSPS) is 13.6. The molecule has 0 fully saturated rings. The van der Waals surface area contributed by atoms with Crippen molar-refractivity contribution in [3.05, 3.63) is 0 Å². The third kappa shape index (κ3) is 22.6. The number of ether oxygens (including phenoxy) is 1. The van der Waals surface area contributed by atoms with Crippen LogP contribution >= 0.6 is 8.25 Å². The van der Waals surface area contributed by atoms with Crippen LogP contribution in [0, 0.1) is 5.92 Å². The average molecular weight is 437 g/mol. The van der Waals surface area contributed by atoms with Gasteiger partial charge in [0.2, 0.25) is 0 Å². The Labute approximate surface area is 181 Å². The van der Waals surface area contributed by atoms with E-state index in [9.17, 15) is 9.67 Å². The van der Waals surface area contributed by atoms with Crippen molar-refractivity contribution < 1.29 is 23.5 Å². The summed E-state index contributed by atoms with van der Waals surface area (Å²) in [4.78, 5) is 0. The van der Waals surface area contributed by atoms with Crippen molar-refractivity contribution in [2.45, 2.75) is 110 Å². The summed E-state index contributed by atoms with van der Waals surface area (Å²) >= 11 is 0. The zero-order valence-corrected chi connectivity index (χ0v) is 20.3. The molecule has 29 heavy (non-hydrogen) atoms. The quantitative estimate of drug-likeness (QED) is 0.131. The standard InChI is InChI=1S/C23H49O5P/c1-3-4-5-6-7-8-9-10-11-12-13-14-15-16-17-18-19-27-21-23(20-24)22-28-29(25)26-2/h23-24,29H,3-22H2,1-2H3. The highest BCUT2D eigenvalue weighted by molar-refractivity contribution is 7.33. The van der Waals surface area contributed by atoms with Crippen molar-refractivity contribution in [1.82, 2.24) is 0 Å². The SMILES string of the molecule is CCCCCCCCCCCCCCCCCCOCC(CO)CO[PH](=O)OC. The van der Waals surface area contributed by atoms with Crippen LogP contribution in [0.25, 0.3) is 0 Å². The first kappa shape index (κ1) is 29.1. The van der Waals surface area contributed by atoms with E-state index in [2.05, 4.69) is 11.4 Å². The van der Waals surface area contributed by atoms with Gasteiger partial charge in [-0.3, -0.25) is 4.57 Å². The molecule has 0 amide bonds. The lowest BCUT2D eigenvalue weighted by Crippen LogP contribution is -2.19. The Hall–Kier alpha value is 0.0700. The molecule has 6 heteroatoms. The summed E-state index contributed by atoms with van der Waals surface area (Å²) in [6.07, 6.45) is 21.8. The van der Waals surface area contributed by atoms with Gasteiger partial charge in [-0.15, -0.1) is 0 Å². The summed E-state index contributed by atoms with van der Waals surface area (Å²) in [6.45, 7) is 3.61. The minimum atomic E-state index is -2.41. The van der Waals surface area contributed by atoms with Crippen molar-refractivity contribution in [2.24, 2.45) is 5.92 Å². The number of aliphatic hydroxyl groups is 1. The van der Waals surface area contributed by atoms with Gasteiger partial charge >= 0.3 is 8.25 Å². The van der Waals surface area contributed by atoms with Crippen molar-refractivity contribution in [1.29, 1.82) is 0 Å². The van der Waals surface area contributed by atoms with Crippen LogP contribution < -0.4 is 0 Å². The fraction of sp³-hybridized carbons (Fsp3) is 1.00. The highest BCUT2D eigenvalue weighted by atomic mass is 31.1. The molecule has 0 rings (SSSR count). The lowest BCUT2D eigenvalue weighted by atomic mass is 10.0. The summed E-state index contributed by atoms with van der Waals surface area (Å²) < 4.78 is 26.3. The Morgan fingerprint density at radius 1 is 0.724 bits per heavy atom. The van der Waals surface area contributed by atoms with Gasteiger partial charge in [0.25, 0.3) is 0 Å². The van der Waals surface area contributed by atoms with E-state index >= 15 is 0 Å². The number of rotatable bonds is 24. The molecule has 0 bridgehead atoms. The maximum atomic E-state index is 11.1. The van der Waals surface area contributed by atoms with Gasteiger partial charge in [-0.2, -0.15) is 0 Å². The molecule has 0 heterocycles. The molecule has 0 spiro atoms. The van der Waals surface area contributed by atoms with Crippen LogP contribution in [-0.4, -0.2) is 38.6 Å². The molecule has 0 radical (unpaired) electrons. The number of hydrogen-bond donors (Lipinski definition) is 1. The number of aliphatic hydroxyl groups excluding tert-OH is 1. The molecule has 2 atom stereocenters. The topological polar surface area (TPSA) is 65.0 Å². The molecular formula is C23H49O5P. The largest absolute Gasteiger partial charge is 0.396 e. The molecule has 0 aliphatic heterocycles. The smallest absolute Gasteiger partial charge is 0.318 e. The van der Waals surface area contributed by atoms with E-state index in [1.807, 2.05) is 0 Å². The first-order chi connectivity index (χ1) is 14.2. The Morgan fingerprint density at radius 3 is 1.59 bits per heavy atom. The van der Waals surface area contributed by atoms with Crippen molar-refractivity contribution in [3.8, 4) is 0 Å². The van der Waals surface area contributed by atoms with Gasteiger partial charge in [0, 0.05) is 19.6 Å². The summed E-state index contributed by atoms with van der Waals surface area (Å²) in [5, 5.41) is 9.26. The number of unbranched alkanes of at least 4 members (excludes halogenated alkanes) is 15. The molecule has 0 aromatic carbocycles. The lowest BCUT2D eigenvalue weighted by Gasteiger charge is -2.14. The van der Waals surface area contributed by atoms with Gasteiger partial charge in [-0.1, -0.05) is 103 Å². The highest BCUT2D eigenvalue weighted by Crippen LogP contribution is 2.22. The summed E-state index contributed by atoms with van der Waals surface area (Å²) in [5.74, 6) is -0.139. The van der Waals surface area contributed by atoms with E-state index in [1.165, 1.54) is 103 Å². The maximum Gasteiger partial charge on any atom is 0.318 e. The van der Waals surface area contributed by atoms with Gasteiger partial charge in [0.15, 0.2) is 0 Å². The third-order valence-corrected chi connectivity index (χ3v) is 6.09. The first-order valence-electron chi connectivity index (χ1n) is 12.1. The van der Waals surface area contributed by atoms with E-state index < -0.39 is 8.25 Å². The van der Waals surface area contributed by atoms with Crippen LogP contribution in [0.2, 0.25) is 0 Å². The molecule has 5 nitrogen and oxygen atoms in total. The van der Waals surface area contributed by atoms with Crippen LogP contribution in [0.15, 0.2) is 0 Å². The molecule has 1 N–H and O–H groups in total. The third-order valence-electron chi connectivity index (χ3n) is 5.36. The van der Waals surface area contributed by atoms with E-state index in [-0.39, 0.29) is 19.1 Å². The molecule has 0 aromatic heterocycles. The van der Waals surface area contributed by atoms with E-state index in [0.29, 0.717) is 13.2 Å². The van der Waals surface area contributed by atoms with Crippen LogP contribution in [0.5, 0.6) is 0 Å². The summed E-state index contributed by atoms with van der Waals surface area (Å²) in [5.41, 5.74) is 0. The van der Waals surface area contributed by atoms with Crippen molar-refractivity contribution >= 4 is 8.25 Å². The zero-order chi connectivity index (χ0) is 21.4. The van der Waals surface area contributed by atoms with Crippen molar-refractivity contribution in [2.75, 3.05) is 33.5 Å². The first-order valence-corrected chi connectivity index (χ1v) is 13.4. The predicted octanol–water partition coefficient (Wildman–Crippen LogP) is 6.93. The second-order valence-electron chi connectivity index (χ2n) is 8.19. The average Bonchev–Trinajstić information content (AvgIpc) is 2.74. The fourth-order valence-electron chi connectivity index (χ4n) is 3.40. The van der Waals surface area contributed by atoms with Gasteiger partial charge in [0.1, 0.15) is 0 Å². The molecule has 0 saturated carbocycles. The fourth-order valence-corrected chi connectivity index (χ4v) is 3.89. The van der Waals surface area contributed by atoms with Gasteiger partial charge in [0.05, 0.1) is 19.8 Å². The second kappa shape index (κ2) is 24.3. The van der Waals surface area contributed by atoms with Crippen molar-refractivity contribution in [3.63, 3.8) is 0 Å². The molecule has 0 aliphatic rings. The monoisotopic (exact) mass is 436 g/mol. The Bertz CT molecular complexity index is 341. The van der Waals surface area contributed by atoms with Gasteiger partial charge < -0.3 is 18.9 Å². The molecule has 2 unspecified atom stereocenters. The Kier molecular flexibility index (Phi) is 24.4. The minimum Gasteiger partial charge on any atom is -0.396 e. The zero-order valence-electron chi connectivity index (χ0n) is 19.3. The number of hydrogen-bond acceptors (Lipinski definition) is 5. The summed E-state index contributed by atoms with van der Waals surface area (Å²) in [7, 11) is -1.06. The van der Waals surface area contributed by atoms with E-state index in [0.717, 1.165) is 6.42 Å². The van der Waals surface area contributed by atoms with E-state index in [1.54, 1.807) is 0 Å². The van der Waals surface area contributed by atoms with Gasteiger partial charge in [-0.25, -0.2) is 0 Å². The lowest BCUT2D eigenvalue weighted by molar-refractivity contribution is 0.0475. The van der Waals surface area contributed by atoms with Crippen LogP contribution in [0.3, 0.4) is 0 Å². The molecular weight excluding hydrogens is 387 g/mol. The molecule has 0 aromatic rings. The van der Waals surface area contributed by atoms with Crippen LogP contribution in [0.4, 0.5) is 0 Å². The minimum absolute atomic E-state index is 0.0299. The van der Waals surface area contributed by atoms with Crippen LogP contribution in [-0.2, 0) is 18.3 Å². The maximum absolute atomic E-state index is 11.1. The molecule has 0 aliphatic carbocycles. The Balaban J connectivity index is 3.20. The van der Waals surface area contributed by atoms with E-state index in [4.69, 9.17) is 9.26 Å². The molecule has 0 saturated heterocycles. The Morgan fingerprint density at radius 2 is 1.17 bits per heavy atom. The second-order valence-corrected chi connectivity index (χ2v) is 9.39.